The zero-order valence-corrected chi connectivity index (χ0v) is 13.8. The molecule has 0 aromatic heterocycles. The van der Waals surface area contributed by atoms with E-state index in [-0.39, 0.29) is 17.7 Å². The Morgan fingerprint density at radius 1 is 1.35 bits per heavy atom. The van der Waals surface area contributed by atoms with Crippen molar-refractivity contribution in [3.8, 4) is 0 Å². The molecule has 5 heteroatoms. The number of nitrogens with one attached hydrogen (secondary N) is 1. The van der Waals surface area contributed by atoms with Crippen LogP contribution in [-0.2, 0) is 9.47 Å². The maximum atomic E-state index is 12.1. The van der Waals surface area contributed by atoms with Crippen LogP contribution in [0.3, 0.4) is 0 Å². The highest BCUT2D eigenvalue weighted by Gasteiger charge is 2.35. The van der Waals surface area contributed by atoms with Crippen LogP contribution in [0.4, 0.5) is 4.79 Å². The summed E-state index contributed by atoms with van der Waals surface area (Å²) in [6.45, 7) is 9.63. The molecule has 0 saturated carbocycles. The molecule has 0 aromatic carbocycles. The molecule has 1 atom stereocenters. The van der Waals surface area contributed by atoms with Crippen molar-refractivity contribution >= 4 is 6.09 Å². The van der Waals surface area contributed by atoms with E-state index in [0.29, 0.717) is 0 Å². The number of carbonyl (C=O) groups excluding carboxylic acids is 1. The summed E-state index contributed by atoms with van der Waals surface area (Å²) in [4.78, 5) is 13.8. The van der Waals surface area contributed by atoms with E-state index in [0.717, 1.165) is 32.4 Å². The fraction of sp³-hybridized carbons (Fsp3) is 0.933. The second-order valence-corrected chi connectivity index (χ2v) is 6.78. The molecule has 1 fully saturated rings. The van der Waals surface area contributed by atoms with Gasteiger partial charge in [-0.1, -0.05) is 0 Å². The van der Waals surface area contributed by atoms with E-state index < -0.39 is 5.60 Å². The number of piperidine rings is 1. The van der Waals surface area contributed by atoms with Crippen molar-refractivity contribution in [3.63, 3.8) is 0 Å². The highest BCUT2D eigenvalue weighted by atomic mass is 16.6. The van der Waals surface area contributed by atoms with Gasteiger partial charge in [-0.15, -0.1) is 0 Å². The molecule has 20 heavy (non-hydrogen) atoms. The second-order valence-electron chi connectivity index (χ2n) is 6.78. The van der Waals surface area contributed by atoms with Gasteiger partial charge in [0.2, 0.25) is 0 Å². The molecule has 5 nitrogen and oxygen atoms in total. The third-order valence-electron chi connectivity index (χ3n) is 3.96. The lowest BCUT2D eigenvalue weighted by atomic mass is 9.86. The molecule has 0 bridgehead atoms. The number of ether oxygens (including phenoxy) is 2. The molecule has 1 N–H and O–H groups in total. The molecule has 118 valence electrons. The third kappa shape index (κ3) is 4.94. The standard InChI is InChI=1S/C15H30N2O3/c1-12(17(5)13(18)20-14(2,3)4)11-15(19-6)7-9-16-10-8-15/h12,16H,7-11H2,1-6H3. The van der Waals surface area contributed by atoms with E-state index in [2.05, 4.69) is 5.32 Å². The van der Waals surface area contributed by atoms with Crippen LogP contribution < -0.4 is 5.32 Å². The van der Waals surface area contributed by atoms with Gasteiger partial charge in [0.05, 0.1) is 5.60 Å². The van der Waals surface area contributed by atoms with Crippen LogP contribution in [0.2, 0.25) is 0 Å². The first-order chi connectivity index (χ1) is 9.19. The number of hydrogen-bond donors (Lipinski definition) is 1. The van der Waals surface area contributed by atoms with Gasteiger partial charge in [-0.05, 0) is 60.0 Å². The second kappa shape index (κ2) is 6.76. The Morgan fingerprint density at radius 3 is 2.35 bits per heavy atom. The first-order valence-corrected chi connectivity index (χ1v) is 7.41. The van der Waals surface area contributed by atoms with E-state index in [1.54, 1.807) is 19.1 Å². The van der Waals surface area contributed by atoms with Gasteiger partial charge in [0.1, 0.15) is 5.60 Å². The zero-order chi connectivity index (χ0) is 15.4. The molecular formula is C15H30N2O3. The largest absolute Gasteiger partial charge is 0.444 e. The van der Waals surface area contributed by atoms with Gasteiger partial charge < -0.3 is 19.7 Å². The van der Waals surface area contributed by atoms with Crippen LogP contribution in [0.1, 0.15) is 47.0 Å². The van der Waals surface area contributed by atoms with E-state index in [1.807, 2.05) is 27.7 Å². The monoisotopic (exact) mass is 286 g/mol. The average Bonchev–Trinajstić information content (AvgIpc) is 2.36. The average molecular weight is 286 g/mol. The number of carbonyl (C=O) groups is 1. The Balaban J connectivity index is 2.59. The third-order valence-corrected chi connectivity index (χ3v) is 3.96. The van der Waals surface area contributed by atoms with Crippen LogP contribution in [0.15, 0.2) is 0 Å². The van der Waals surface area contributed by atoms with Crippen molar-refractivity contribution in [1.29, 1.82) is 0 Å². The quantitative estimate of drug-likeness (QED) is 0.862. The summed E-state index contributed by atoms with van der Waals surface area (Å²) in [6.07, 6.45) is 2.53. The Kier molecular flexibility index (Phi) is 5.83. The van der Waals surface area contributed by atoms with Gasteiger partial charge in [0.15, 0.2) is 0 Å². The lowest BCUT2D eigenvalue weighted by Crippen LogP contribution is -2.49. The molecule has 1 aliphatic heterocycles. The van der Waals surface area contributed by atoms with Gasteiger partial charge in [0.25, 0.3) is 0 Å². The van der Waals surface area contributed by atoms with E-state index in [1.165, 1.54) is 0 Å². The van der Waals surface area contributed by atoms with Crippen LogP contribution in [-0.4, -0.2) is 55.5 Å². The highest BCUT2D eigenvalue weighted by molar-refractivity contribution is 5.68. The molecule has 1 amide bonds. The maximum absolute atomic E-state index is 12.1. The number of amides is 1. The first kappa shape index (κ1) is 17.2. The predicted octanol–water partition coefficient (Wildman–Crippen LogP) is 2.40. The Labute approximate surface area is 123 Å². The van der Waals surface area contributed by atoms with Crippen LogP contribution in [0.5, 0.6) is 0 Å². The van der Waals surface area contributed by atoms with Gasteiger partial charge in [0, 0.05) is 20.2 Å². The summed E-state index contributed by atoms with van der Waals surface area (Å²) < 4.78 is 11.2. The van der Waals surface area contributed by atoms with Gasteiger partial charge >= 0.3 is 6.09 Å². The Bertz CT molecular complexity index is 320. The van der Waals surface area contributed by atoms with E-state index in [4.69, 9.17) is 9.47 Å². The minimum atomic E-state index is -0.460. The molecule has 0 spiro atoms. The number of nitrogens with zero attached hydrogens (tertiary/aromatic N) is 1. The summed E-state index contributed by atoms with van der Waals surface area (Å²) >= 11 is 0. The lowest BCUT2D eigenvalue weighted by molar-refractivity contribution is -0.0557. The molecule has 0 aromatic rings. The van der Waals surface area contributed by atoms with Crippen molar-refractivity contribution < 1.29 is 14.3 Å². The Morgan fingerprint density at radius 2 is 1.90 bits per heavy atom. The van der Waals surface area contributed by atoms with Crippen LogP contribution in [0.25, 0.3) is 0 Å². The van der Waals surface area contributed by atoms with Gasteiger partial charge in [-0.25, -0.2) is 4.79 Å². The van der Waals surface area contributed by atoms with Gasteiger partial charge in [-0.3, -0.25) is 0 Å². The van der Waals surface area contributed by atoms with Crippen molar-refractivity contribution in [2.45, 2.75) is 64.2 Å². The summed E-state index contributed by atoms with van der Waals surface area (Å²) in [6, 6.07) is 0.0860. The molecule has 0 radical (unpaired) electrons. The minimum Gasteiger partial charge on any atom is -0.444 e. The molecule has 0 aliphatic carbocycles. The number of rotatable bonds is 4. The fourth-order valence-corrected chi connectivity index (χ4v) is 2.56. The van der Waals surface area contributed by atoms with Crippen molar-refractivity contribution in [3.05, 3.63) is 0 Å². The smallest absolute Gasteiger partial charge is 0.410 e. The van der Waals surface area contributed by atoms with Crippen LogP contribution >= 0.6 is 0 Å². The van der Waals surface area contributed by atoms with Crippen molar-refractivity contribution in [2.24, 2.45) is 0 Å². The van der Waals surface area contributed by atoms with Crippen LogP contribution in [0, 0.1) is 0 Å². The molecule has 1 aliphatic rings. The van der Waals surface area contributed by atoms with Crippen molar-refractivity contribution in [1.82, 2.24) is 10.2 Å². The van der Waals surface area contributed by atoms with E-state index >= 15 is 0 Å². The van der Waals surface area contributed by atoms with E-state index in [9.17, 15) is 4.79 Å². The summed E-state index contributed by atoms with van der Waals surface area (Å²) in [5.41, 5.74) is -0.584. The molecular weight excluding hydrogens is 256 g/mol. The lowest BCUT2D eigenvalue weighted by Gasteiger charge is -2.40. The summed E-state index contributed by atoms with van der Waals surface area (Å²) in [5.74, 6) is 0. The fourth-order valence-electron chi connectivity index (χ4n) is 2.56. The molecule has 1 unspecified atom stereocenters. The molecule has 1 heterocycles. The Hall–Kier alpha value is -0.810. The summed E-state index contributed by atoms with van der Waals surface area (Å²) in [7, 11) is 3.56. The minimum absolute atomic E-state index is 0.0860. The molecule has 1 rings (SSSR count). The maximum Gasteiger partial charge on any atom is 0.410 e. The predicted molar refractivity (Wildman–Crippen MR) is 79.9 cm³/mol. The van der Waals surface area contributed by atoms with Crippen molar-refractivity contribution in [2.75, 3.05) is 27.2 Å². The molecule has 1 saturated heterocycles. The number of methoxy groups -OCH3 is 1. The first-order valence-electron chi connectivity index (χ1n) is 7.41. The zero-order valence-electron chi connectivity index (χ0n) is 13.8. The number of hydrogen-bond acceptors (Lipinski definition) is 4. The topological polar surface area (TPSA) is 50.8 Å². The highest BCUT2D eigenvalue weighted by Crippen LogP contribution is 2.29. The SMILES string of the molecule is COC1(CC(C)N(C)C(=O)OC(C)(C)C)CCNCC1. The summed E-state index contributed by atoms with van der Waals surface area (Å²) in [5, 5.41) is 3.34. The normalized spacial score (nSPS) is 20.3. The van der Waals surface area contributed by atoms with Gasteiger partial charge in [-0.2, -0.15) is 0 Å².